The molecule has 1 aliphatic rings. The van der Waals surface area contributed by atoms with Gasteiger partial charge in [0.25, 0.3) is 5.56 Å². The van der Waals surface area contributed by atoms with Crippen LogP contribution < -0.4 is 10.9 Å². The lowest BCUT2D eigenvalue weighted by molar-refractivity contribution is 0.310. The summed E-state index contributed by atoms with van der Waals surface area (Å²) in [7, 11) is 0. The van der Waals surface area contributed by atoms with Crippen molar-refractivity contribution in [1.82, 2.24) is 14.9 Å². The number of aryl methyl sites for hydroxylation is 2. The SMILES string of the molecule is Cc1ncn(CCC2CNC2)c(=O)c1I. The first kappa shape index (κ1) is 11.1. The van der Waals surface area contributed by atoms with E-state index in [0.717, 1.165) is 41.2 Å². The van der Waals surface area contributed by atoms with Crippen LogP contribution in [-0.4, -0.2) is 22.6 Å². The number of rotatable bonds is 3. The van der Waals surface area contributed by atoms with Gasteiger partial charge in [-0.15, -0.1) is 0 Å². The summed E-state index contributed by atoms with van der Waals surface area (Å²) in [6.45, 7) is 4.83. The standard InChI is InChI=1S/C10H14IN3O/c1-7-9(11)10(15)14(6-13-7)3-2-8-4-12-5-8/h6,8,12H,2-5H2,1H3. The molecule has 1 aromatic heterocycles. The first-order valence-electron chi connectivity index (χ1n) is 5.10. The minimum Gasteiger partial charge on any atom is -0.316 e. The molecule has 0 spiro atoms. The van der Waals surface area contributed by atoms with E-state index in [-0.39, 0.29) is 5.56 Å². The summed E-state index contributed by atoms with van der Waals surface area (Å²) in [4.78, 5) is 16.0. The first-order chi connectivity index (χ1) is 7.18. The Bertz CT molecular complexity index is 412. The fourth-order valence-corrected chi connectivity index (χ4v) is 2.03. The van der Waals surface area contributed by atoms with Gasteiger partial charge in [-0.25, -0.2) is 4.98 Å². The van der Waals surface area contributed by atoms with Gasteiger partial charge in [-0.1, -0.05) is 0 Å². The molecular formula is C10H14IN3O. The largest absolute Gasteiger partial charge is 0.316 e. The Balaban J connectivity index is 2.07. The molecular weight excluding hydrogens is 305 g/mol. The Hall–Kier alpha value is -0.430. The number of hydrogen-bond acceptors (Lipinski definition) is 3. The number of nitrogens with one attached hydrogen (secondary N) is 1. The van der Waals surface area contributed by atoms with Gasteiger partial charge >= 0.3 is 0 Å². The smallest absolute Gasteiger partial charge is 0.266 e. The lowest BCUT2D eigenvalue weighted by Gasteiger charge is -2.27. The molecule has 4 nitrogen and oxygen atoms in total. The molecule has 82 valence electrons. The van der Waals surface area contributed by atoms with E-state index in [9.17, 15) is 4.79 Å². The molecule has 0 radical (unpaired) electrons. The molecule has 15 heavy (non-hydrogen) atoms. The van der Waals surface area contributed by atoms with Crippen LogP contribution in [0.4, 0.5) is 0 Å². The van der Waals surface area contributed by atoms with Crippen LogP contribution in [0, 0.1) is 16.4 Å². The van der Waals surface area contributed by atoms with Gasteiger partial charge in [-0.05, 0) is 54.9 Å². The zero-order valence-corrected chi connectivity index (χ0v) is 10.8. The summed E-state index contributed by atoms with van der Waals surface area (Å²) in [6, 6.07) is 0. The first-order valence-corrected chi connectivity index (χ1v) is 6.18. The van der Waals surface area contributed by atoms with E-state index in [4.69, 9.17) is 0 Å². The monoisotopic (exact) mass is 319 g/mol. The van der Waals surface area contributed by atoms with E-state index in [2.05, 4.69) is 32.9 Å². The van der Waals surface area contributed by atoms with Gasteiger partial charge in [-0.2, -0.15) is 0 Å². The lowest BCUT2D eigenvalue weighted by atomic mass is 10.00. The normalized spacial score (nSPS) is 16.4. The molecule has 2 heterocycles. The third kappa shape index (κ3) is 2.39. The third-order valence-corrected chi connectivity index (χ3v) is 4.04. The number of halogens is 1. The summed E-state index contributed by atoms with van der Waals surface area (Å²) in [5.41, 5.74) is 0.914. The number of nitrogens with zero attached hydrogens (tertiary/aromatic N) is 2. The van der Waals surface area contributed by atoms with Crippen molar-refractivity contribution >= 4 is 22.6 Å². The molecule has 1 aromatic rings. The summed E-state index contributed by atoms with van der Waals surface area (Å²) in [5.74, 6) is 0.732. The van der Waals surface area contributed by atoms with E-state index in [1.54, 1.807) is 10.9 Å². The molecule has 0 amide bonds. The Morgan fingerprint density at radius 1 is 1.67 bits per heavy atom. The predicted molar refractivity (Wildman–Crippen MR) is 66.9 cm³/mol. The van der Waals surface area contributed by atoms with Crippen LogP contribution >= 0.6 is 22.6 Å². The molecule has 0 saturated carbocycles. The molecule has 5 heteroatoms. The average molecular weight is 319 g/mol. The second-order valence-electron chi connectivity index (χ2n) is 3.96. The third-order valence-electron chi connectivity index (χ3n) is 2.80. The van der Waals surface area contributed by atoms with Crippen LogP contribution in [0.5, 0.6) is 0 Å². The highest BCUT2D eigenvalue weighted by Crippen LogP contribution is 2.09. The van der Waals surface area contributed by atoms with Crippen molar-refractivity contribution in [3.05, 3.63) is 25.9 Å². The van der Waals surface area contributed by atoms with Crippen LogP contribution in [-0.2, 0) is 6.54 Å². The summed E-state index contributed by atoms with van der Waals surface area (Å²) in [6.07, 6.45) is 2.72. The molecule has 2 rings (SSSR count). The van der Waals surface area contributed by atoms with Gasteiger partial charge in [0.2, 0.25) is 0 Å². The maximum Gasteiger partial charge on any atom is 0.266 e. The van der Waals surface area contributed by atoms with Crippen molar-refractivity contribution in [2.24, 2.45) is 5.92 Å². The minimum absolute atomic E-state index is 0.0929. The second-order valence-corrected chi connectivity index (χ2v) is 5.03. The zero-order chi connectivity index (χ0) is 10.8. The molecule has 0 bridgehead atoms. The minimum atomic E-state index is 0.0929. The van der Waals surface area contributed by atoms with Gasteiger partial charge in [0, 0.05) is 6.54 Å². The summed E-state index contributed by atoms with van der Waals surface area (Å²) >= 11 is 2.07. The maximum atomic E-state index is 11.8. The van der Waals surface area contributed by atoms with E-state index in [1.807, 2.05) is 6.92 Å². The van der Waals surface area contributed by atoms with Gasteiger partial charge in [0.05, 0.1) is 15.6 Å². The molecule has 1 N–H and O–H groups in total. The second kappa shape index (κ2) is 4.61. The maximum absolute atomic E-state index is 11.8. The highest BCUT2D eigenvalue weighted by atomic mass is 127. The summed E-state index contributed by atoms with van der Waals surface area (Å²) in [5, 5.41) is 3.23. The molecule has 1 saturated heterocycles. The molecule has 1 fully saturated rings. The van der Waals surface area contributed by atoms with Crippen LogP contribution in [0.3, 0.4) is 0 Å². The molecule has 0 aromatic carbocycles. The molecule has 0 unspecified atom stereocenters. The van der Waals surface area contributed by atoms with E-state index >= 15 is 0 Å². The van der Waals surface area contributed by atoms with Crippen LogP contribution in [0.2, 0.25) is 0 Å². The van der Waals surface area contributed by atoms with E-state index < -0.39 is 0 Å². The highest BCUT2D eigenvalue weighted by molar-refractivity contribution is 14.1. The van der Waals surface area contributed by atoms with Crippen molar-refractivity contribution in [3.63, 3.8) is 0 Å². The van der Waals surface area contributed by atoms with Gasteiger partial charge in [0.15, 0.2) is 0 Å². The fraction of sp³-hybridized carbons (Fsp3) is 0.600. The molecule has 0 aliphatic carbocycles. The van der Waals surface area contributed by atoms with E-state index in [0.29, 0.717) is 0 Å². The van der Waals surface area contributed by atoms with Crippen molar-refractivity contribution in [2.75, 3.05) is 13.1 Å². The van der Waals surface area contributed by atoms with Gasteiger partial charge in [0.1, 0.15) is 0 Å². The zero-order valence-electron chi connectivity index (χ0n) is 8.66. The van der Waals surface area contributed by atoms with Gasteiger partial charge < -0.3 is 5.32 Å². The number of hydrogen-bond donors (Lipinski definition) is 1. The van der Waals surface area contributed by atoms with Crippen molar-refractivity contribution in [2.45, 2.75) is 19.9 Å². The Morgan fingerprint density at radius 2 is 2.40 bits per heavy atom. The van der Waals surface area contributed by atoms with Gasteiger partial charge in [-0.3, -0.25) is 9.36 Å². The predicted octanol–water partition coefficient (Wildman–Crippen LogP) is 0.766. The fourth-order valence-electron chi connectivity index (χ4n) is 1.58. The molecule has 1 aliphatic heterocycles. The highest BCUT2D eigenvalue weighted by Gasteiger charge is 2.16. The number of aromatic nitrogens is 2. The van der Waals surface area contributed by atoms with Crippen molar-refractivity contribution < 1.29 is 0 Å². The van der Waals surface area contributed by atoms with Crippen molar-refractivity contribution in [3.8, 4) is 0 Å². The topological polar surface area (TPSA) is 46.9 Å². The summed E-state index contributed by atoms with van der Waals surface area (Å²) < 4.78 is 2.45. The van der Waals surface area contributed by atoms with Crippen molar-refractivity contribution in [1.29, 1.82) is 0 Å². The quantitative estimate of drug-likeness (QED) is 0.837. The van der Waals surface area contributed by atoms with E-state index in [1.165, 1.54) is 0 Å². The van der Waals surface area contributed by atoms with Crippen LogP contribution in [0.15, 0.2) is 11.1 Å². The Kier molecular flexibility index (Phi) is 3.40. The Labute approximate surface area is 102 Å². The lowest BCUT2D eigenvalue weighted by Crippen LogP contribution is -2.42. The molecule has 0 atom stereocenters. The Morgan fingerprint density at radius 3 is 3.00 bits per heavy atom. The van der Waals surface area contributed by atoms with Crippen LogP contribution in [0.25, 0.3) is 0 Å². The van der Waals surface area contributed by atoms with Crippen LogP contribution in [0.1, 0.15) is 12.1 Å². The average Bonchev–Trinajstić information content (AvgIpc) is 2.15.